The minimum Gasteiger partial charge on any atom is -0.328 e. The van der Waals surface area contributed by atoms with Gasteiger partial charge in [0.05, 0.1) is 24.3 Å². The van der Waals surface area contributed by atoms with Crippen LogP contribution in [0.15, 0.2) is 67.1 Å². The van der Waals surface area contributed by atoms with Gasteiger partial charge in [0.15, 0.2) is 0 Å². The van der Waals surface area contributed by atoms with Crippen molar-refractivity contribution in [1.29, 1.82) is 0 Å². The number of hydrogen-bond donors (Lipinski definition) is 1. The summed E-state index contributed by atoms with van der Waals surface area (Å²) in [4.78, 5) is 18.8. The molecule has 3 aromatic rings. The molecule has 0 saturated carbocycles. The summed E-state index contributed by atoms with van der Waals surface area (Å²) in [5.74, 6) is 0.230. The van der Waals surface area contributed by atoms with Crippen LogP contribution in [0.5, 0.6) is 0 Å². The van der Waals surface area contributed by atoms with Crippen LogP contribution in [0.4, 0.5) is 5.69 Å². The van der Waals surface area contributed by atoms with Crippen molar-refractivity contribution < 1.29 is 4.79 Å². The Kier molecular flexibility index (Phi) is 5.76. The van der Waals surface area contributed by atoms with Crippen molar-refractivity contribution in [2.45, 2.75) is 51.2 Å². The second-order valence-corrected chi connectivity index (χ2v) is 7.86. The van der Waals surface area contributed by atoms with Crippen molar-refractivity contribution >= 4 is 11.6 Å². The number of nitrogens with two attached hydrogens (primary N) is 1. The molecule has 5 nitrogen and oxygen atoms in total. The average molecular weight is 389 g/mol. The molecule has 1 unspecified atom stereocenters. The lowest BCUT2D eigenvalue weighted by Gasteiger charge is -2.27. The van der Waals surface area contributed by atoms with Gasteiger partial charge in [-0.1, -0.05) is 48.9 Å². The van der Waals surface area contributed by atoms with E-state index in [0.29, 0.717) is 13.0 Å². The van der Waals surface area contributed by atoms with Crippen molar-refractivity contribution in [3.8, 4) is 0 Å². The summed E-state index contributed by atoms with van der Waals surface area (Å²) >= 11 is 0. The monoisotopic (exact) mass is 388 g/mol. The Balaban J connectivity index is 1.52. The third-order valence-electron chi connectivity index (χ3n) is 5.76. The zero-order chi connectivity index (χ0) is 20.2. The molecule has 2 N–H and O–H groups in total. The largest absolute Gasteiger partial charge is 0.328 e. The maximum atomic E-state index is 12.5. The molecule has 5 heteroatoms. The van der Waals surface area contributed by atoms with E-state index in [2.05, 4.69) is 40.7 Å². The van der Waals surface area contributed by atoms with Gasteiger partial charge in [-0.2, -0.15) is 0 Å². The topological polar surface area (TPSA) is 64.2 Å². The molecule has 1 aliphatic rings. The number of hydrogen-bond acceptors (Lipinski definition) is 3. The Morgan fingerprint density at radius 2 is 1.86 bits per heavy atom. The van der Waals surface area contributed by atoms with Crippen LogP contribution in [0.3, 0.4) is 0 Å². The first-order valence-electron chi connectivity index (χ1n) is 10.3. The van der Waals surface area contributed by atoms with E-state index in [4.69, 9.17) is 5.73 Å². The van der Waals surface area contributed by atoms with E-state index in [0.717, 1.165) is 41.8 Å². The van der Waals surface area contributed by atoms with Crippen LogP contribution >= 0.6 is 0 Å². The van der Waals surface area contributed by atoms with Gasteiger partial charge in [0.1, 0.15) is 0 Å². The minimum atomic E-state index is -0.214. The van der Waals surface area contributed by atoms with Gasteiger partial charge in [-0.05, 0) is 43.0 Å². The summed E-state index contributed by atoms with van der Waals surface area (Å²) in [6, 6.07) is 18.4. The van der Waals surface area contributed by atoms with Crippen LogP contribution in [-0.4, -0.2) is 21.5 Å². The van der Waals surface area contributed by atoms with E-state index in [9.17, 15) is 4.79 Å². The molecule has 4 rings (SSSR count). The molecule has 0 bridgehead atoms. The lowest BCUT2D eigenvalue weighted by atomic mass is 10.1. The fraction of sp³-hybridized carbons (Fsp3) is 0.333. The van der Waals surface area contributed by atoms with Gasteiger partial charge in [0, 0.05) is 24.7 Å². The molecule has 2 atom stereocenters. The van der Waals surface area contributed by atoms with Crippen LogP contribution in [0.1, 0.15) is 55.5 Å². The molecule has 2 aromatic carbocycles. The average Bonchev–Trinajstić information content (AvgIpc) is 3.13. The number of aromatic nitrogens is 2. The predicted molar refractivity (Wildman–Crippen MR) is 116 cm³/mol. The van der Waals surface area contributed by atoms with Crippen molar-refractivity contribution in [3.05, 3.63) is 83.9 Å². The van der Waals surface area contributed by atoms with E-state index in [-0.39, 0.29) is 18.0 Å². The highest BCUT2D eigenvalue weighted by atomic mass is 16.2. The van der Waals surface area contributed by atoms with Gasteiger partial charge < -0.3 is 15.2 Å². The molecule has 29 heavy (non-hydrogen) atoms. The van der Waals surface area contributed by atoms with Crippen LogP contribution in [-0.2, 0) is 11.3 Å². The maximum absolute atomic E-state index is 12.5. The molecule has 1 fully saturated rings. The molecule has 1 aliphatic heterocycles. The first-order chi connectivity index (χ1) is 14.1. The number of carbonyl (C=O) groups is 1. The number of carbonyl (C=O) groups excluding carboxylic acids is 1. The van der Waals surface area contributed by atoms with Gasteiger partial charge in [-0.3, -0.25) is 4.79 Å². The highest BCUT2D eigenvalue weighted by molar-refractivity contribution is 5.94. The fourth-order valence-corrected chi connectivity index (χ4v) is 4.12. The Hall–Kier alpha value is -2.92. The summed E-state index contributed by atoms with van der Waals surface area (Å²) in [6.07, 6.45) is 7.47. The Labute approximate surface area is 172 Å². The molecular formula is C24H28N4O. The van der Waals surface area contributed by atoms with Crippen LogP contribution in [0.2, 0.25) is 0 Å². The number of amides is 1. The number of benzene rings is 2. The predicted octanol–water partition coefficient (Wildman–Crippen LogP) is 4.28. The molecule has 0 radical (unpaired) electrons. The number of imidazole rings is 1. The normalized spacial score (nSPS) is 18.5. The highest BCUT2D eigenvalue weighted by Crippen LogP contribution is 2.26. The standard InChI is InChI=1S/C24H28N4O/c1-18-7-5-6-10-23(29)28(18)21-13-11-19(12-14-21)16-27-17-26-15-22(27)24(25)20-8-3-2-4-9-20/h2-4,8-9,11-15,17-18,24H,5-7,10,16,25H2,1H3/t18-,24?/m1/s1. The second kappa shape index (κ2) is 8.62. The number of rotatable bonds is 5. The van der Waals surface area contributed by atoms with E-state index in [1.807, 2.05) is 47.8 Å². The number of nitrogens with zero attached hydrogens (tertiary/aromatic N) is 3. The second-order valence-electron chi connectivity index (χ2n) is 7.86. The molecule has 150 valence electrons. The molecule has 1 aromatic heterocycles. The van der Waals surface area contributed by atoms with Crippen LogP contribution < -0.4 is 10.6 Å². The smallest absolute Gasteiger partial charge is 0.227 e. The molecule has 1 saturated heterocycles. The van der Waals surface area contributed by atoms with Crippen molar-refractivity contribution in [2.24, 2.45) is 5.73 Å². The Bertz CT molecular complexity index is 949. The first kappa shape index (κ1) is 19.4. The summed E-state index contributed by atoms with van der Waals surface area (Å²) in [6.45, 7) is 2.83. The summed E-state index contributed by atoms with van der Waals surface area (Å²) < 4.78 is 2.09. The number of anilines is 1. The molecular weight excluding hydrogens is 360 g/mol. The van der Waals surface area contributed by atoms with Gasteiger partial charge >= 0.3 is 0 Å². The lowest BCUT2D eigenvalue weighted by molar-refractivity contribution is -0.118. The molecule has 1 amide bonds. The first-order valence-corrected chi connectivity index (χ1v) is 10.3. The Morgan fingerprint density at radius 1 is 1.10 bits per heavy atom. The quantitative estimate of drug-likeness (QED) is 0.710. The van der Waals surface area contributed by atoms with Gasteiger partial charge in [-0.25, -0.2) is 4.98 Å². The van der Waals surface area contributed by atoms with Gasteiger partial charge in [0.2, 0.25) is 5.91 Å². The maximum Gasteiger partial charge on any atom is 0.227 e. The van der Waals surface area contributed by atoms with E-state index < -0.39 is 0 Å². The minimum absolute atomic E-state index is 0.214. The van der Waals surface area contributed by atoms with E-state index in [1.165, 1.54) is 0 Å². The van der Waals surface area contributed by atoms with Crippen molar-refractivity contribution in [1.82, 2.24) is 9.55 Å². The van der Waals surface area contributed by atoms with Gasteiger partial charge in [0.25, 0.3) is 0 Å². The fourth-order valence-electron chi connectivity index (χ4n) is 4.12. The molecule has 0 aliphatic carbocycles. The highest BCUT2D eigenvalue weighted by Gasteiger charge is 2.24. The zero-order valence-electron chi connectivity index (χ0n) is 16.9. The summed E-state index contributed by atoms with van der Waals surface area (Å²) in [7, 11) is 0. The van der Waals surface area contributed by atoms with Crippen molar-refractivity contribution in [3.63, 3.8) is 0 Å². The molecule has 0 spiro atoms. The van der Waals surface area contributed by atoms with Gasteiger partial charge in [-0.15, -0.1) is 0 Å². The SMILES string of the molecule is C[C@@H]1CCCCC(=O)N1c1ccc(Cn2cncc2C(N)c2ccccc2)cc1. The molecule has 2 heterocycles. The van der Waals surface area contributed by atoms with Crippen LogP contribution in [0.25, 0.3) is 0 Å². The van der Waals surface area contributed by atoms with Crippen molar-refractivity contribution in [2.75, 3.05) is 4.90 Å². The van der Waals surface area contributed by atoms with E-state index in [1.54, 1.807) is 0 Å². The van der Waals surface area contributed by atoms with Crippen LogP contribution in [0, 0.1) is 0 Å². The third-order valence-corrected chi connectivity index (χ3v) is 5.76. The van der Waals surface area contributed by atoms with E-state index >= 15 is 0 Å². The summed E-state index contributed by atoms with van der Waals surface area (Å²) in [5.41, 5.74) is 10.7. The Morgan fingerprint density at radius 3 is 2.62 bits per heavy atom. The lowest BCUT2D eigenvalue weighted by Crippen LogP contribution is -2.37. The summed E-state index contributed by atoms with van der Waals surface area (Å²) in [5, 5.41) is 0. The third kappa shape index (κ3) is 4.25. The zero-order valence-corrected chi connectivity index (χ0v) is 16.9.